The molecule has 1 rings (SSSR count). The molecule has 3 heteroatoms. The Balaban J connectivity index is 2.32. The van der Waals surface area contributed by atoms with Gasteiger partial charge in [0.2, 0.25) is 5.91 Å². The van der Waals surface area contributed by atoms with Crippen LogP contribution < -0.4 is 5.32 Å². The van der Waals surface area contributed by atoms with Crippen LogP contribution in [0.3, 0.4) is 0 Å². The van der Waals surface area contributed by atoms with Gasteiger partial charge in [0.15, 0.2) is 0 Å². The standard InChI is InChI=1S/C5H9NO2/c7-3-4-1-2-5(8)6-4/h4,7H,1-3H2,(H,6,8). The van der Waals surface area contributed by atoms with Crippen molar-refractivity contribution in [2.24, 2.45) is 0 Å². The first-order chi connectivity index (χ1) is 3.83. The summed E-state index contributed by atoms with van der Waals surface area (Å²) in [5, 5.41) is 11.1. The summed E-state index contributed by atoms with van der Waals surface area (Å²) >= 11 is 0. The van der Waals surface area contributed by atoms with Gasteiger partial charge in [0.1, 0.15) is 0 Å². The summed E-state index contributed by atoms with van der Waals surface area (Å²) in [5.74, 6) is 0.0593. The van der Waals surface area contributed by atoms with Crippen LogP contribution >= 0.6 is 0 Å². The summed E-state index contributed by atoms with van der Waals surface area (Å²) in [6, 6.07) is 0.0301. The molecule has 0 aromatic heterocycles. The Morgan fingerprint density at radius 3 is 2.88 bits per heavy atom. The fourth-order valence-electron chi connectivity index (χ4n) is 0.814. The molecule has 1 amide bonds. The van der Waals surface area contributed by atoms with Gasteiger partial charge in [-0.15, -0.1) is 0 Å². The minimum Gasteiger partial charge on any atom is -0.394 e. The zero-order valence-electron chi connectivity index (χ0n) is 4.55. The van der Waals surface area contributed by atoms with E-state index >= 15 is 0 Å². The number of aliphatic hydroxyl groups is 1. The van der Waals surface area contributed by atoms with Crippen molar-refractivity contribution in [1.82, 2.24) is 5.32 Å². The maximum atomic E-state index is 10.4. The molecule has 2 N–H and O–H groups in total. The lowest BCUT2D eigenvalue weighted by Gasteiger charge is -2.01. The molecule has 0 aromatic carbocycles. The summed E-state index contributed by atoms with van der Waals surface area (Å²) < 4.78 is 0. The summed E-state index contributed by atoms with van der Waals surface area (Å²) in [5.41, 5.74) is 0. The normalized spacial score (nSPS) is 28.1. The molecule has 0 radical (unpaired) electrons. The van der Waals surface area contributed by atoms with E-state index < -0.39 is 0 Å². The second kappa shape index (κ2) is 2.13. The van der Waals surface area contributed by atoms with E-state index in [1.54, 1.807) is 0 Å². The molecule has 0 aromatic rings. The molecule has 0 bridgehead atoms. The van der Waals surface area contributed by atoms with E-state index in [2.05, 4.69) is 5.32 Å². The van der Waals surface area contributed by atoms with Gasteiger partial charge in [-0.25, -0.2) is 0 Å². The Morgan fingerprint density at radius 2 is 2.62 bits per heavy atom. The van der Waals surface area contributed by atoms with Crippen molar-refractivity contribution in [2.45, 2.75) is 18.9 Å². The van der Waals surface area contributed by atoms with Gasteiger partial charge in [0.25, 0.3) is 0 Å². The van der Waals surface area contributed by atoms with Crippen LogP contribution in [0.15, 0.2) is 0 Å². The molecular formula is C5H9NO2. The molecule has 0 saturated carbocycles. The van der Waals surface area contributed by atoms with Crippen LogP contribution in [0.25, 0.3) is 0 Å². The summed E-state index contributed by atoms with van der Waals surface area (Å²) in [6.45, 7) is 0.0751. The smallest absolute Gasteiger partial charge is 0.220 e. The number of rotatable bonds is 1. The first-order valence-corrected chi connectivity index (χ1v) is 2.73. The average molecular weight is 115 g/mol. The lowest BCUT2D eigenvalue weighted by Crippen LogP contribution is -2.28. The lowest BCUT2D eigenvalue weighted by atomic mass is 10.2. The van der Waals surface area contributed by atoms with E-state index in [-0.39, 0.29) is 18.6 Å². The van der Waals surface area contributed by atoms with Gasteiger partial charge >= 0.3 is 0 Å². The van der Waals surface area contributed by atoms with E-state index in [0.717, 1.165) is 6.42 Å². The predicted octanol–water partition coefficient (Wildman–Crippen LogP) is -0.743. The molecule has 1 aliphatic rings. The molecule has 46 valence electrons. The highest BCUT2D eigenvalue weighted by atomic mass is 16.3. The van der Waals surface area contributed by atoms with Gasteiger partial charge in [0, 0.05) is 6.42 Å². The molecule has 1 unspecified atom stereocenters. The molecular weight excluding hydrogens is 106 g/mol. The van der Waals surface area contributed by atoms with E-state index in [9.17, 15) is 4.79 Å². The highest BCUT2D eigenvalue weighted by Gasteiger charge is 2.18. The van der Waals surface area contributed by atoms with Crippen molar-refractivity contribution in [1.29, 1.82) is 0 Å². The van der Waals surface area contributed by atoms with Crippen LogP contribution in [-0.2, 0) is 4.79 Å². The topological polar surface area (TPSA) is 49.3 Å². The maximum Gasteiger partial charge on any atom is 0.220 e. The number of amides is 1. The Kier molecular flexibility index (Phi) is 1.48. The van der Waals surface area contributed by atoms with Crippen LogP contribution in [0.2, 0.25) is 0 Å². The number of aliphatic hydroxyl groups excluding tert-OH is 1. The molecule has 1 atom stereocenters. The molecule has 1 saturated heterocycles. The largest absolute Gasteiger partial charge is 0.394 e. The second-order valence-corrected chi connectivity index (χ2v) is 1.99. The predicted molar refractivity (Wildman–Crippen MR) is 28.3 cm³/mol. The van der Waals surface area contributed by atoms with Crippen molar-refractivity contribution in [3.8, 4) is 0 Å². The van der Waals surface area contributed by atoms with Crippen molar-refractivity contribution in [3.05, 3.63) is 0 Å². The van der Waals surface area contributed by atoms with E-state index in [0.29, 0.717) is 6.42 Å². The van der Waals surface area contributed by atoms with E-state index in [1.165, 1.54) is 0 Å². The third-order valence-electron chi connectivity index (χ3n) is 1.31. The molecule has 1 aliphatic heterocycles. The van der Waals surface area contributed by atoms with Gasteiger partial charge < -0.3 is 10.4 Å². The average Bonchev–Trinajstić information content (AvgIpc) is 2.14. The molecule has 3 nitrogen and oxygen atoms in total. The SMILES string of the molecule is O=C1CCC(CO)N1. The minimum absolute atomic E-state index is 0.0301. The van der Waals surface area contributed by atoms with Gasteiger partial charge in [-0.2, -0.15) is 0 Å². The number of hydrogen-bond acceptors (Lipinski definition) is 2. The van der Waals surface area contributed by atoms with Gasteiger partial charge in [0.05, 0.1) is 12.6 Å². The van der Waals surface area contributed by atoms with Gasteiger partial charge in [-0.3, -0.25) is 4.79 Å². The molecule has 1 heterocycles. The Morgan fingerprint density at radius 1 is 1.88 bits per heavy atom. The van der Waals surface area contributed by atoms with Crippen molar-refractivity contribution in [2.75, 3.05) is 6.61 Å². The maximum absolute atomic E-state index is 10.4. The van der Waals surface area contributed by atoms with Gasteiger partial charge in [-0.05, 0) is 6.42 Å². The quantitative estimate of drug-likeness (QED) is 0.472. The summed E-state index contributed by atoms with van der Waals surface area (Å²) in [4.78, 5) is 10.4. The summed E-state index contributed by atoms with van der Waals surface area (Å²) in [6.07, 6.45) is 1.36. The number of nitrogens with one attached hydrogen (secondary N) is 1. The van der Waals surface area contributed by atoms with E-state index in [1.807, 2.05) is 0 Å². The van der Waals surface area contributed by atoms with Crippen LogP contribution in [0.5, 0.6) is 0 Å². The zero-order chi connectivity index (χ0) is 5.98. The number of carbonyl (C=O) groups is 1. The van der Waals surface area contributed by atoms with Crippen molar-refractivity contribution < 1.29 is 9.90 Å². The fraction of sp³-hybridized carbons (Fsp3) is 0.800. The third kappa shape index (κ3) is 0.980. The van der Waals surface area contributed by atoms with Crippen LogP contribution in [0, 0.1) is 0 Å². The van der Waals surface area contributed by atoms with Crippen LogP contribution in [0.4, 0.5) is 0 Å². The highest BCUT2D eigenvalue weighted by Crippen LogP contribution is 2.04. The minimum atomic E-state index is 0.0301. The number of hydrogen-bond donors (Lipinski definition) is 2. The van der Waals surface area contributed by atoms with Gasteiger partial charge in [-0.1, -0.05) is 0 Å². The second-order valence-electron chi connectivity index (χ2n) is 1.99. The fourth-order valence-corrected chi connectivity index (χ4v) is 0.814. The molecule has 0 aliphatic carbocycles. The van der Waals surface area contributed by atoms with Crippen LogP contribution in [-0.4, -0.2) is 23.7 Å². The summed E-state index contributed by atoms with van der Waals surface area (Å²) in [7, 11) is 0. The first-order valence-electron chi connectivity index (χ1n) is 2.73. The highest BCUT2D eigenvalue weighted by molar-refractivity contribution is 5.78. The molecule has 1 fully saturated rings. The number of carbonyl (C=O) groups excluding carboxylic acids is 1. The first kappa shape index (κ1) is 5.56. The molecule has 0 spiro atoms. The Labute approximate surface area is 47.7 Å². The Hall–Kier alpha value is -0.570. The lowest BCUT2D eigenvalue weighted by molar-refractivity contribution is -0.119. The third-order valence-corrected chi connectivity index (χ3v) is 1.31. The Bertz CT molecular complexity index is 103. The van der Waals surface area contributed by atoms with Crippen molar-refractivity contribution >= 4 is 5.91 Å². The monoisotopic (exact) mass is 115 g/mol. The van der Waals surface area contributed by atoms with Crippen molar-refractivity contribution in [3.63, 3.8) is 0 Å². The van der Waals surface area contributed by atoms with E-state index in [4.69, 9.17) is 5.11 Å². The molecule has 8 heavy (non-hydrogen) atoms. The van der Waals surface area contributed by atoms with Crippen LogP contribution in [0.1, 0.15) is 12.8 Å². The zero-order valence-corrected chi connectivity index (χ0v) is 4.55.